The fourth-order valence-electron chi connectivity index (χ4n) is 2.86. The van der Waals surface area contributed by atoms with Gasteiger partial charge in [0.1, 0.15) is 5.75 Å². The molecular formula is C19H19N3O2S. The third-order valence-corrected chi connectivity index (χ3v) is 5.25. The van der Waals surface area contributed by atoms with Gasteiger partial charge in [-0.1, -0.05) is 25.1 Å². The van der Waals surface area contributed by atoms with Crippen LogP contribution in [0.3, 0.4) is 0 Å². The minimum Gasteiger partial charge on any atom is -0.496 e. The maximum atomic E-state index is 12.2. The van der Waals surface area contributed by atoms with E-state index in [9.17, 15) is 4.79 Å². The van der Waals surface area contributed by atoms with E-state index in [1.54, 1.807) is 24.5 Å². The van der Waals surface area contributed by atoms with E-state index < -0.39 is 5.91 Å². The number of aryl methyl sites for hydroxylation is 1. The summed E-state index contributed by atoms with van der Waals surface area (Å²) in [5.41, 5.74) is 13.2. The van der Waals surface area contributed by atoms with Gasteiger partial charge in [0, 0.05) is 31.7 Å². The first-order chi connectivity index (χ1) is 12.0. The number of carbonyl (C=O) groups excluding carboxylic acids is 1. The Balaban J connectivity index is 2.26. The number of fused-ring (bicyclic) bond motifs is 1. The molecule has 128 valence electrons. The Kier molecular flexibility index (Phi) is 4.72. The van der Waals surface area contributed by atoms with Crippen molar-refractivity contribution in [1.29, 1.82) is 0 Å². The maximum absolute atomic E-state index is 12.2. The molecule has 0 aliphatic carbocycles. The SMILES string of the molecule is CCc1sc2ccc(C(=O)N=C(N)N)cc2c1-c1ccccc1OC. The Labute approximate surface area is 149 Å². The molecule has 1 aromatic heterocycles. The molecule has 6 heteroatoms. The highest BCUT2D eigenvalue weighted by atomic mass is 32.1. The van der Waals surface area contributed by atoms with Crippen LogP contribution in [0.2, 0.25) is 0 Å². The van der Waals surface area contributed by atoms with Gasteiger partial charge in [-0.25, -0.2) is 0 Å². The van der Waals surface area contributed by atoms with E-state index in [0.717, 1.165) is 33.4 Å². The highest BCUT2D eigenvalue weighted by Crippen LogP contribution is 2.43. The lowest BCUT2D eigenvalue weighted by atomic mass is 9.99. The highest BCUT2D eigenvalue weighted by Gasteiger charge is 2.17. The van der Waals surface area contributed by atoms with Gasteiger partial charge in [0.25, 0.3) is 5.91 Å². The lowest BCUT2D eigenvalue weighted by Gasteiger charge is -2.09. The van der Waals surface area contributed by atoms with E-state index in [4.69, 9.17) is 16.2 Å². The number of amides is 1. The van der Waals surface area contributed by atoms with Crippen molar-refractivity contribution >= 4 is 33.3 Å². The molecule has 1 amide bonds. The molecule has 0 atom stereocenters. The Bertz CT molecular complexity index is 972. The largest absolute Gasteiger partial charge is 0.496 e. The lowest BCUT2D eigenvalue weighted by molar-refractivity contribution is 0.100. The summed E-state index contributed by atoms with van der Waals surface area (Å²) in [5, 5.41) is 1.00. The van der Waals surface area contributed by atoms with Crippen LogP contribution < -0.4 is 16.2 Å². The first kappa shape index (κ1) is 17.0. The number of ether oxygens (including phenoxy) is 1. The summed E-state index contributed by atoms with van der Waals surface area (Å²) in [6, 6.07) is 13.4. The predicted molar refractivity (Wildman–Crippen MR) is 103 cm³/mol. The first-order valence-corrected chi connectivity index (χ1v) is 8.69. The van der Waals surface area contributed by atoms with Gasteiger partial charge < -0.3 is 16.2 Å². The van der Waals surface area contributed by atoms with Crippen LogP contribution in [0.4, 0.5) is 0 Å². The Morgan fingerprint density at radius 3 is 2.64 bits per heavy atom. The van der Waals surface area contributed by atoms with E-state index in [2.05, 4.69) is 11.9 Å². The van der Waals surface area contributed by atoms with Crippen LogP contribution in [0.5, 0.6) is 5.75 Å². The van der Waals surface area contributed by atoms with E-state index in [0.29, 0.717) is 5.56 Å². The average Bonchev–Trinajstić information content (AvgIpc) is 2.98. The second kappa shape index (κ2) is 6.94. The summed E-state index contributed by atoms with van der Waals surface area (Å²) >= 11 is 1.72. The standard InChI is InChI=1S/C19H19N3O2S/c1-3-15-17(12-6-4-5-7-14(12)24-2)13-10-11(8-9-16(13)25-15)18(23)22-19(20)21/h4-10H,3H2,1-2H3,(H4,20,21,22,23). The number of methoxy groups -OCH3 is 1. The molecule has 0 radical (unpaired) electrons. The molecule has 1 heterocycles. The van der Waals surface area contributed by atoms with Crippen LogP contribution in [0.15, 0.2) is 47.5 Å². The fraction of sp³-hybridized carbons (Fsp3) is 0.158. The number of nitrogens with two attached hydrogens (primary N) is 2. The molecule has 2 aromatic carbocycles. The molecule has 0 fully saturated rings. The molecule has 25 heavy (non-hydrogen) atoms. The number of aliphatic imine (C=N–C) groups is 1. The summed E-state index contributed by atoms with van der Waals surface area (Å²) in [6.45, 7) is 2.12. The van der Waals surface area contributed by atoms with Crippen molar-refractivity contribution < 1.29 is 9.53 Å². The quantitative estimate of drug-likeness (QED) is 0.554. The molecule has 0 aliphatic rings. The van der Waals surface area contributed by atoms with Gasteiger partial charge in [0.2, 0.25) is 0 Å². The Morgan fingerprint density at radius 2 is 1.96 bits per heavy atom. The normalized spacial score (nSPS) is 10.6. The predicted octanol–water partition coefficient (Wildman–Crippen LogP) is 3.55. The van der Waals surface area contributed by atoms with Crippen molar-refractivity contribution in [3.8, 4) is 16.9 Å². The van der Waals surface area contributed by atoms with E-state index >= 15 is 0 Å². The van der Waals surface area contributed by atoms with Gasteiger partial charge in [-0.15, -0.1) is 11.3 Å². The monoisotopic (exact) mass is 353 g/mol. The van der Waals surface area contributed by atoms with Crippen molar-refractivity contribution in [3.63, 3.8) is 0 Å². The number of benzene rings is 2. The smallest absolute Gasteiger partial charge is 0.280 e. The number of rotatable bonds is 4. The van der Waals surface area contributed by atoms with Crippen molar-refractivity contribution in [2.45, 2.75) is 13.3 Å². The summed E-state index contributed by atoms with van der Waals surface area (Å²) in [5.74, 6) is 0.115. The van der Waals surface area contributed by atoms with Crippen molar-refractivity contribution in [2.24, 2.45) is 16.5 Å². The van der Waals surface area contributed by atoms with E-state index in [-0.39, 0.29) is 5.96 Å². The number of guanidine groups is 1. The molecule has 0 bridgehead atoms. The number of hydrogen-bond donors (Lipinski definition) is 2. The van der Waals surface area contributed by atoms with E-state index in [1.165, 1.54) is 4.88 Å². The molecular weight excluding hydrogens is 334 g/mol. The van der Waals surface area contributed by atoms with Crippen molar-refractivity contribution in [3.05, 3.63) is 52.9 Å². The highest BCUT2D eigenvalue weighted by molar-refractivity contribution is 7.19. The van der Waals surface area contributed by atoms with Crippen molar-refractivity contribution in [2.75, 3.05) is 7.11 Å². The minimum absolute atomic E-state index is 0.241. The van der Waals surface area contributed by atoms with Gasteiger partial charge in [-0.3, -0.25) is 4.79 Å². The summed E-state index contributed by atoms with van der Waals surface area (Å²) in [6.07, 6.45) is 0.893. The van der Waals surface area contributed by atoms with Gasteiger partial charge in [0.15, 0.2) is 5.96 Å². The summed E-state index contributed by atoms with van der Waals surface area (Å²) in [4.78, 5) is 17.0. The zero-order valence-electron chi connectivity index (χ0n) is 14.1. The van der Waals surface area contributed by atoms with Gasteiger partial charge in [0.05, 0.1) is 7.11 Å². The average molecular weight is 353 g/mol. The fourth-order valence-corrected chi connectivity index (χ4v) is 4.00. The van der Waals surface area contributed by atoms with Gasteiger partial charge in [-0.05, 0) is 30.7 Å². The Morgan fingerprint density at radius 1 is 1.20 bits per heavy atom. The van der Waals surface area contributed by atoms with Crippen LogP contribution in [0.1, 0.15) is 22.2 Å². The Hall–Kier alpha value is -2.86. The number of hydrogen-bond acceptors (Lipinski definition) is 3. The molecule has 0 saturated heterocycles. The number of para-hydroxylation sites is 1. The van der Waals surface area contributed by atoms with Crippen LogP contribution in [-0.2, 0) is 6.42 Å². The minimum atomic E-state index is -0.447. The van der Waals surface area contributed by atoms with Crippen LogP contribution >= 0.6 is 11.3 Å². The molecule has 3 aromatic rings. The number of thiophene rings is 1. The number of carbonyl (C=O) groups is 1. The van der Waals surface area contributed by atoms with Crippen LogP contribution in [0.25, 0.3) is 21.2 Å². The molecule has 0 spiro atoms. The second-order valence-electron chi connectivity index (χ2n) is 5.51. The molecule has 0 aliphatic heterocycles. The molecule has 3 rings (SSSR count). The second-order valence-corrected chi connectivity index (χ2v) is 6.64. The topological polar surface area (TPSA) is 90.7 Å². The maximum Gasteiger partial charge on any atom is 0.280 e. The van der Waals surface area contributed by atoms with Gasteiger partial charge in [-0.2, -0.15) is 4.99 Å². The van der Waals surface area contributed by atoms with Crippen molar-refractivity contribution in [1.82, 2.24) is 0 Å². The molecule has 0 saturated carbocycles. The van der Waals surface area contributed by atoms with Crippen LogP contribution in [-0.4, -0.2) is 19.0 Å². The lowest BCUT2D eigenvalue weighted by Crippen LogP contribution is -2.24. The summed E-state index contributed by atoms with van der Waals surface area (Å²) < 4.78 is 6.64. The molecule has 0 unspecified atom stereocenters. The van der Waals surface area contributed by atoms with Gasteiger partial charge >= 0.3 is 0 Å². The third kappa shape index (κ3) is 3.21. The molecule has 5 nitrogen and oxygen atoms in total. The first-order valence-electron chi connectivity index (χ1n) is 7.88. The zero-order valence-corrected chi connectivity index (χ0v) is 14.9. The third-order valence-electron chi connectivity index (χ3n) is 3.94. The summed E-state index contributed by atoms with van der Waals surface area (Å²) in [7, 11) is 1.66. The molecule has 4 N–H and O–H groups in total. The zero-order chi connectivity index (χ0) is 18.0. The number of nitrogens with zero attached hydrogens (tertiary/aromatic N) is 1. The van der Waals surface area contributed by atoms with Crippen LogP contribution in [0, 0.1) is 0 Å². The van der Waals surface area contributed by atoms with E-state index in [1.807, 2.05) is 36.4 Å².